The van der Waals surface area contributed by atoms with E-state index in [4.69, 9.17) is 4.52 Å². The minimum Gasteiger partial charge on any atom is -0.328 e. The van der Waals surface area contributed by atoms with Crippen molar-refractivity contribution in [2.75, 3.05) is 7.11 Å². The van der Waals surface area contributed by atoms with E-state index < -0.39 is 7.37 Å². The quantitative estimate of drug-likeness (QED) is 0.684. The zero-order valence-corrected chi connectivity index (χ0v) is 12.7. The van der Waals surface area contributed by atoms with Crippen molar-refractivity contribution in [3.8, 4) is 0 Å². The first-order valence-corrected chi connectivity index (χ1v) is 8.57. The lowest BCUT2D eigenvalue weighted by atomic mass is 10.2. The Balaban J connectivity index is 1.97. The van der Waals surface area contributed by atoms with Gasteiger partial charge in [0.2, 0.25) is 7.37 Å². The van der Waals surface area contributed by atoms with Crippen LogP contribution in [0.15, 0.2) is 66.7 Å². The second-order valence-corrected chi connectivity index (χ2v) is 7.39. The molecule has 0 radical (unpaired) electrons. The van der Waals surface area contributed by atoms with Crippen LogP contribution in [0.4, 0.5) is 0 Å². The summed E-state index contributed by atoms with van der Waals surface area (Å²) >= 11 is 0. The van der Waals surface area contributed by atoms with Crippen LogP contribution in [0.2, 0.25) is 0 Å². The molecule has 0 aliphatic rings. The van der Waals surface area contributed by atoms with E-state index in [0.717, 1.165) is 21.9 Å². The lowest BCUT2D eigenvalue weighted by Gasteiger charge is -2.16. The van der Waals surface area contributed by atoms with Crippen molar-refractivity contribution in [3.05, 3.63) is 72.4 Å². The van der Waals surface area contributed by atoms with E-state index in [1.165, 1.54) is 7.11 Å². The van der Waals surface area contributed by atoms with Crippen LogP contribution in [0.3, 0.4) is 0 Å². The molecule has 4 heteroatoms. The lowest BCUT2D eigenvalue weighted by Crippen LogP contribution is -2.08. The van der Waals surface area contributed by atoms with E-state index >= 15 is 0 Å². The van der Waals surface area contributed by atoms with Gasteiger partial charge in [0, 0.05) is 17.8 Å². The van der Waals surface area contributed by atoms with E-state index in [2.05, 4.69) is 4.98 Å². The molecular weight excluding hydrogens is 281 g/mol. The SMILES string of the molecule is CO[P@@](=O)(Cc1ccc2ccccc2n1)c1ccccc1. The molecule has 106 valence electrons. The second kappa shape index (κ2) is 5.80. The molecule has 0 N–H and O–H groups in total. The van der Waals surface area contributed by atoms with Crippen molar-refractivity contribution in [3.63, 3.8) is 0 Å². The molecule has 0 unspecified atom stereocenters. The number of para-hydroxylation sites is 1. The normalized spacial score (nSPS) is 14.0. The van der Waals surface area contributed by atoms with Gasteiger partial charge in [0.15, 0.2) is 0 Å². The second-order valence-electron chi connectivity index (χ2n) is 4.84. The molecule has 21 heavy (non-hydrogen) atoms. The topological polar surface area (TPSA) is 39.2 Å². The van der Waals surface area contributed by atoms with Crippen LogP contribution in [-0.4, -0.2) is 12.1 Å². The minimum atomic E-state index is -2.92. The molecule has 0 aliphatic carbocycles. The van der Waals surface area contributed by atoms with Gasteiger partial charge in [-0.2, -0.15) is 0 Å². The third-order valence-electron chi connectivity index (χ3n) is 3.47. The molecule has 1 aromatic heterocycles. The maximum atomic E-state index is 13.0. The number of rotatable bonds is 4. The van der Waals surface area contributed by atoms with E-state index in [1.54, 1.807) is 0 Å². The zero-order chi connectivity index (χ0) is 14.7. The Morgan fingerprint density at radius 1 is 0.952 bits per heavy atom. The number of aromatic nitrogens is 1. The van der Waals surface area contributed by atoms with E-state index in [1.807, 2.05) is 66.7 Å². The molecule has 0 bridgehead atoms. The summed E-state index contributed by atoms with van der Waals surface area (Å²) in [5, 5.41) is 1.80. The first kappa shape index (κ1) is 14.0. The highest BCUT2D eigenvalue weighted by Gasteiger charge is 2.25. The summed E-state index contributed by atoms with van der Waals surface area (Å²) in [5.41, 5.74) is 1.69. The molecule has 0 aliphatic heterocycles. The number of pyridine rings is 1. The van der Waals surface area contributed by atoms with Crippen LogP contribution < -0.4 is 5.30 Å². The monoisotopic (exact) mass is 297 g/mol. The van der Waals surface area contributed by atoms with Gasteiger partial charge in [-0.25, -0.2) is 0 Å². The van der Waals surface area contributed by atoms with E-state index in [-0.39, 0.29) is 0 Å². The summed E-state index contributed by atoms with van der Waals surface area (Å²) in [7, 11) is -1.42. The molecule has 0 spiro atoms. The van der Waals surface area contributed by atoms with Gasteiger partial charge in [-0.3, -0.25) is 9.55 Å². The Morgan fingerprint density at radius 3 is 2.43 bits per heavy atom. The highest BCUT2D eigenvalue weighted by atomic mass is 31.2. The molecule has 3 rings (SSSR count). The Morgan fingerprint density at radius 2 is 1.67 bits per heavy atom. The third-order valence-corrected chi connectivity index (χ3v) is 5.89. The summed E-state index contributed by atoms with van der Waals surface area (Å²) in [6, 6.07) is 21.1. The van der Waals surface area contributed by atoms with Crippen LogP contribution in [0.5, 0.6) is 0 Å². The van der Waals surface area contributed by atoms with Gasteiger partial charge in [0.05, 0.1) is 17.4 Å². The fourth-order valence-corrected chi connectivity index (χ4v) is 4.08. The Kier molecular flexibility index (Phi) is 3.87. The molecule has 1 heterocycles. The maximum Gasteiger partial charge on any atom is 0.237 e. The fourth-order valence-electron chi connectivity index (χ4n) is 2.33. The molecular formula is C17H16NO2P. The first-order valence-electron chi connectivity index (χ1n) is 6.76. The number of hydrogen-bond acceptors (Lipinski definition) is 3. The minimum absolute atomic E-state index is 0.304. The van der Waals surface area contributed by atoms with Crippen molar-refractivity contribution in [2.24, 2.45) is 0 Å². The first-order chi connectivity index (χ1) is 10.2. The molecule has 0 fully saturated rings. The molecule has 3 nitrogen and oxygen atoms in total. The standard InChI is InChI=1S/C17H16NO2P/c1-20-21(19,16-8-3-2-4-9-16)13-15-12-11-14-7-5-6-10-17(14)18-15/h2-12H,13H2,1H3/t21-/m0/s1. The van der Waals surface area contributed by atoms with Gasteiger partial charge in [-0.15, -0.1) is 0 Å². The molecule has 2 aromatic carbocycles. The molecule has 0 saturated carbocycles. The largest absolute Gasteiger partial charge is 0.328 e. The summed E-state index contributed by atoms with van der Waals surface area (Å²) in [5.74, 6) is 0. The van der Waals surface area contributed by atoms with Crippen LogP contribution >= 0.6 is 7.37 Å². The summed E-state index contributed by atoms with van der Waals surface area (Å²) in [4.78, 5) is 4.58. The Bertz CT molecular complexity index is 802. The maximum absolute atomic E-state index is 13.0. The van der Waals surface area contributed by atoms with Gasteiger partial charge < -0.3 is 4.52 Å². The van der Waals surface area contributed by atoms with Gasteiger partial charge in [0.25, 0.3) is 0 Å². The van der Waals surface area contributed by atoms with Crippen LogP contribution in [-0.2, 0) is 15.3 Å². The van der Waals surface area contributed by atoms with Crippen LogP contribution in [0.1, 0.15) is 5.69 Å². The van der Waals surface area contributed by atoms with Gasteiger partial charge >= 0.3 is 0 Å². The van der Waals surface area contributed by atoms with Crippen molar-refractivity contribution < 1.29 is 9.09 Å². The average molecular weight is 297 g/mol. The Hall–Kier alpha value is -1.96. The highest BCUT2D eigenvalue weighted by Crippen LogP contribution is 2.47. The predicted molar refractivity (Wildman–Crippen MR) is 86.1 cm³/mol. The van der Waals surface area contributed by atoms with E-state index in [9.17, 15) is 4.57 Å². The van der Waals surface area contributed by atoms with Crippen molar-refractivity contribution in [1.82, 2.24) is 4.98 Å². The molecule has 1 atom stereocenters. The Labute approximate surface area is 124 Å². The average Bonchev–Trinajstić information content (AvgIpc) is 2.55. The summed E-state index contributed by atoms with van der Waals surface area (Å²) < 4.78 is 18.4. The number of nitrogens with zero attached hydrogens (tertiary/aromatic N) is 1. The van der Waals surface area contributed by atoms with Crippen LogP contribution in [0, 0.1) is 0 Å². The van der Waals surface area contributed by atoms with Crippen molar-refractivity contribution in [2.45, 2.75) is 6.16 Å². The molecule has 0 saturated heterocycles. The summed E-state index contributed by atoms with van der Waals surface area (Å²) in [6.45, 7) is 0. The van der Waals surface area contributed by atoms with Gasteiger partial charge in [0.1, 0.15) is 0 Å². The van der Waals surface area contributed by atoms with Crippen molar-refractivity contribution >= 4 is 23.6 Å². The van der Waals surface area contributed by atoms with E-state index in [0.29, 0.717) is 6.16 Å². The van der Waals surface area contributed by atoms with Gasteiger partial charge in [-0.1, -0.05) is 42.5 Å². The van der Waals surface area contributed by atoms with Crippen molar-refractivity contribution in [1.29, 1.82) is 0 Å². The number of hydrogen-bond donors (Lipinski definition) is 0. The number of fused-ring (bicyclic) bond motifs is 1. The molecule has 3 aromatic rings. The third kappa shape index (κ3) is 2.90. The smallest absolute Gasteiger partial charge is 0.237 e. The predicted octanol–water partition coefficient (Wildman–Crippen LogP) is 3.98. The highest BCUT2D eigenvalue weighted by molar-refractivity contribution is 7.66. The molecule has 0 amide bonds. The lowest BCUT2D eigenvalue weighted by molar-refractivity contribution is 0.401. The fraction of sp³-hybridized carbons (Fsp3) is 0.118. The zero-order valence-electron chi connectivity index (χ0n) is 11.8. The van der Waals surface area contributed by atoms with Gasteiger partial charge in [-0.05, 0) is 24.3 Å². The summed E-state index contributed by atoms with van der Waals surface area (Å²) in [6.07, 6.45) is 0.304. The van der Waals surface area contributed by atoms with Crippen LogP contribution in [0.25, 0.3) is 10.9 Å². The number of benzene rings is 2.